The minimum atomic E-state index is -3.81. The zero-order valence-electron chi connectivity index (χ0n) is 10.7. The molecule has 0 bridgehead atoms. The van der Waals surface area contributed by atoms with E-state index in [9.17, 15) is 13.2 Å². The average Bonchev–Trinajstić information content (AvgIpc) is 2.87. The third-order valence-electron chi connectivity index (χ3n) is 3.20. The number of benzene rings is 1. The van der Waals surface area contributed by atoms with E-state index in [1.54, 1.807) is 6.07 Å². The molecule has 8 heteroatoms. The van der Waals surface area contributed by atoms with Crippen LogP contribution in [0, 0.1) is 5.92 Å². The third kappa shape index (κ3) is 2.79. The lowest BCUT2D eigenvalue weighted by atomic mass is 10.1. The first kappa shape index (κ1) is 15.6. The van der Waals surface area contributed by atoms with Gasteiger partial charge in [-0.1, -0.05) is 29.3 Å². The van der Waals surface area contributed by atoms with Crippen LogP contribution in [-0.4, -0.2) is 38.9 Å². The van der Waals surface area contributed by atoms with Gasteiger partial charge in [0.25, 0.3) is 0 Å². The molecule has 20 heavy (non-hydrogen) atoms. The van der Waals surface area contributed by atoms with Crippen molar-refractivity contribution in [1.29, 1.82) is 0 Å². The fraction of sp³-hybridized carbons (Fsp3) is 0.417. The minimum Gasteiger partial charge on any atom is -0.469 e. The van der Waals surface area contributed by atoms with Gasteiger partial charge in [-0.25, -0.2) is 8.42 Å². The molecule has 0 radical (unpaired) electrons. The molecule has 0 saturated carbocycles. The SMILES string of the molecule is COC(=O)C1CCN(S(=O)(=O)c2c(Cl)cccc2Cl)C1. The number of methoxy groups -OCH3 is 1. The van der Waals surface area contributed by atoms with Crippen LogP contribution in [0.25, 0.3) is 0 Å². The Labute approximate surface area is 127 Å². The van der Waals surface area contributed by atoms with Crippen molar-refractivity contribution in [2.24, 2.45) is 5.92 Å². The maximum Gasteiger partial charge on any atom is 0.310 e. The van der Waals surface area contributed by atoms with Gasteiger partial charge < -0.3 is 4.74 Å². The molecule has 1 aliphatic heterocycles. The lowest BCUT2D eigenvalue weighted by Crippen LogP contribution is -2.30. The average molecular weight is 338 g/mol. The van der Waals surface area contributed by atoms with E-state index in [1.807, 2.05) is 0 Å². The van der Waals surface area contributed by atoms with Crippen molar-refractivity contribution >= 4 is 39.2 Å². The van der Waals surface area contributed by atoms with Crippen LogP contribution >= 0.6 is 23.2 Å². The highest BCUT2D eigenvalue weighted by Crippen LogP contribution is 2.33. The monoisotopic (exact) mass is 337 g/mol. The van der Waals surface area contributed by atoms with E-state index in [0.29, 0.717) is 6.42 Å². The van der Waals surface area contributed by atoms with E-state index in [2.05, 4.69) is 4.74 Å². The van der Waals surface area contributed by atoms with Crippen molar-refractivity contribution in [2.75, 3.05) is 20.2 Å². The van der Waals surface area contributed by atoms with Crippen LogP contribution in [0.4, 0.5) is 0 Å². The largest absolute Gasteiger partial charge is 0.469 e. The van der Waals surface area contributed by atoms with Crippen LogP contribution in [0.15, 0.2) is 23.1 Å². The highest BCUT2D eigenvalue weighted by atomic mass is 35.5. The van der Waals surface area contributed by atoms with Gasteiger partial charge in [-0.05, 0) is 18.6 Å². The number of ether oxygens (including phenoxy) is 1. The van der Waals surface area contributed by atoms with Gasteiger partial charge in [0.1, 0.15) is 4.90 Å². The lowest BCUT2D eigenvalue weighted by molar-refractivity contribution is -0.144. The van der Waals surface area contributed by atoms with Crippen molar-refractivity contribution in [1.82, 2.24) is 4.31 Å². The molecule has 1 aromatic rings. The number of carbonyl (C=O) groups is 1. The second-order valence-corrected chi connectivity index (χ2v) is 7.11. The Morgan fingerprint density at radius 1 is 1.35 bits per heavy atom. The number of rotatable bonds is 3. The predicted octanol–water partition coefficient (Wildman–Crippen LogP) is 2.18. The van der Waals surface area contributed by atoms with Gasteiger partial charge in [-0.15, -0.1) is 0 Å². The summed E-state index contributed by atoms with van der Waals surface area (Å²) < 4.78 is 30.9. The fourth-order valence-electron chi connectivity index (χ4n) is 2.16. The van der Waals surface area contributed by atoms with Crippen LogP contribution in [0.1, 0.15) is 6.42 Å². The van der Waals surface area contributed by atoms with Gasteiger partial charge in [-0.3, -0.25) is 4.79 Å². The van der Waals surface area contributed by atoms with Crippen LogP contribution < -0.4 is 0 Å². The first-order valence-corrected chi connectivity index (χ1v) is 8.09. The van der Waals surface area contributed by atoms with E-state index in [0.717, 1.165) is 0 Å². The van der Waals surface area contributed by atoms with E-state index >= 15 is 0 Å². The zero-order chi connectivity index (χ0) is 14.9. The zero-order valence-corrected chi connectivity index (χ0v) is 13.0. The summed E-state index contributed by atoms with van der Waals surface area (Å²) >= 11 is 11.9. The highest BCUT2D eigenvalue weighted by Gasteiger charge is 2.38. The van der Waals surface area contributed by atoms with Crippen LogP contribution in [-0.2, 0) is 19.6 Å². The Balaban J connectivity index is 2.31. The smallest absolute Gasteiger partial charge is 0.310 e. The maximum atomic E-state index is 12.5. The number of carbonyl (C=O) groups excluding carboxylic acids is 1. The molecular weight excluding hydrogens is 325 g/mol. The summed E-state index contributed by atoms with van der Waals surface area (Å²) in [5, 5.41) is 0.137. The number of halogens is 2. The molecule has 5 nitrogen and oxygen atoms in total. The molecule has 1 aromatic carbocycles. The highest BCUT2D eigenvalue weighted by molar-refractivity contribution is 7.89. The van der Waals surface area contributed by atoms with Crippen LogP contribution in [0.3, 0.4) is 0 Å². The molecule has 1 saturated heterocycles. The molecule has 0 aliphatic carbocycles. The lowest BCUT2D eigenvalue weighted by Gasteiger charge is -2.18. The second kappa shape index (κ2) is 5.89. The Morgan fingerprint density at radius 3 is 2.50 bits per heavy atom. The normalized spacial score (nSPS) is 20.1. The van der Waals surface area contributed by atoms with E-state index in [-0.39, 0.29) is 28.0 Å². The summed E-state index contributed by atoms with van der Waals surface area (Å²) in [6.45, 7) is 0.320. The number of nitrogens with zero attached hydrogens (tertiary/aromatic N) is 1. The molecule has 1 aliphatic rings. The Hall–Kier alpha value is -0.820. The number of esters is 1. The summed E-state index contributed by atoms with van der Waals surface area (Å²) in [6.07, 6.45) is 0.425. The molecular formula is C12H13Cl2NO4S. The molecule has 1 unspecified atom stereocenters. The third-order valence-corrected chi connectivity index (χ3v) is 6.02. The van der Waals surface area contributed by atoms with Crippen LogP contribution in [0.2, 0.25) is 10.0 Å². The number of hydrogen-bond donors (Lipinski definition) is 0. The van der Waals surface area contributed by atoms with E-state index in [4.69, 9.17) is 23.2 Å². The molecule has 2 rings (SSSR count). The first-order chi connectivity index (χ1) is 9.37. The second-order valence-electron chi connectivity index (χ2n) is 4.42. The Bertz CT molecular complexity index is 612. The van der Waals surface area contributed by atoms with Gasteiger partial charge in [-0.2, -0.15) is 4.31 Å². The summed E-state index contributed by atoms with van der Waals surface area (Å²) in [7, 11) is -2.53. The standard InChI is InChI=1S/C12H13Cl2NO4S/c1-19-12(16)8-5-6-15(7-8)20(17,18)11-9(13)3-2-4-10(11)14/h2-4,8H,5-7H2,1H3. The van der Waals surface area contributed by atoms with Crippen molar-refractivity contribution in [3.63, 3.8) is 0 Å². The molecule has 1 heterocycles. The van der Waals surface area contributed by atoms with Gasteiger partial charge in [0.2, 0.25) is 10.0 Å². The number of hydrogen-bond acceptors (Lipinski definition) is 4. The summed E-state index contributed by atoms with van der Waals surface area (Å²) in [5.74, 6) is -0.857. The van der Waals surface area contributed by atoms with Gasteiger partial charge in [0.15, 0.2) is 0 Å². The molecule has 1 fully saturated rings. The topological polar surface area (TPSA) is 63.7 Å². The quantitative estimate of drug-likeness (QED) is 0.793. The molecule has 0 spiro atoms. The minimum absolute atomic E-state index is 0.0685. The maximum absolute atomic E-state index is 12.5. The van der Waals surface area contributed by atoms with Crippen molar-refractivity contribution < 1.29 is 17.9 Å². The van der Waals surface area contributed by atoms with Crippen molar-refractivity contribution in [3.05, 3.63) is 28.2 Å². The first-order valence-electron chi connectivity index (χ1n) is 5.90. The molecule has 0 aromatic heterocycles. The van der Waals surface area contributed by atoms with Gasteiger partial charge >= 0.3 is 5.97 Å². The van der Waals surface area contributed by atoms with Gasteiger partial charge in [0, 0.05) is 13.1 Å². The van der Waals surface area contributed by atoms with E-state index < -0.39 is 21.9 Å². The Kier molecular flexibility index (Phi) is 4.59. The molecule has 1 atom stereocenters. The van der Waals surface area contributed by atoms with Crippen molar-refractivity contribution in [3.8, 4) is 0 Å². The fourth-order valence-corrected chi connectivity index (χ4v) is 4.76. The molecule has 0 amide bonds. The summed E-state index contributed by atoms with van der Waals surface area (Å²) in [4.78, 5) is 11.3. The van der Waals surface area contributed by atoms with Crippen LogP contribution in [0.5, 0.6) is 0 Å². The van der Waals surface area contributed by atoms with Crippen molar-refractivity contribution in [2.45, 2.75) is 11.3 Å². The molecule has 110 valence electrons. The van der Waals surface area contributed by atoms with E-state index in [1.165, 1.54) is 23.5 Å². The predicted molar refractivity (Wildman–Crippen MR) is 75.3 cm³/mol. The van der Waals surface area contributed by atoms with Gasteiger partial charge in [0.05, 0.1) is 23.1 Å². The number of sulfonamides is 1. The molecule has 0 N–H and O–H groups in total. The summed E-state index contributed by atoms with van der Waals surface area (Å²) in [5.41, 5.74) is 0. The summed E-state index contributed by atoms with van der Waals surface area (Å²) in [6, 6.07) is 4.51. The Morgan fingerprint density at radius 2 is 1.95 bits per heavy atom.